The Labute approximate surface area is 177 Å². The molecule has 2 aromatic heterocycles. The zero-order chi connectivity index (χ0) is 20.1. The number of ether oxygens (including phenoxy) is 1. The van der Waals surface area contributed by atoms with Crippen LogP contribution in [-0.2, 0) is 4.79 Å². The summed E-state index contributed by atoms with van der Waals surface area (Å²) >= 11 is 3.15. The minimum absolute atomic E-state index is 0.0195. The molecule has 0 aliphatic rings. The van der Waals surface area contributed by atoms with E-state index in [0.29, 0.717) is 23.0 Å². The smallest absolute Gasteiger partial charge is 0.226 e. The van der Waals surface area contributed by atoms with Crippen LogP contribution in [0.15, 0.2) is 69.3 Å². The molecule has 5 nitrogen and oxygen atoms in total. The maximum absolute atomic E-state index is 12.2. The Balaban J connectivity index is 1.31. The molecule has 2 aromatic carbocycles. The highest BCUT2D eigenvalue weighted by atomic mass is 32.2. The molecule has 4 aromatic rings. The van der Waals surface area contributed by atoms with Gasteiger partial charge in [-0.1, -0.05) is 18.2 Å². The van der Waals surface area contributed by atoms with Crippen molar-refractivity contribution in [3.8, 4) is 17.2 Å². The minimum atomic E-state index is -0.0195. The van der Waals surface area contributed by atoms with E-state index in [-0.39, 0.29) is 5.91 Å². The molecule has 0 radical (unpaired) electrons. The largest absolute Gasteiger partial charge is 0.497 e. The van der Waals surface area contributed by atoms with Gasteiger partial charge in [0.05, 0.1) is 7.11 Å². The molecule has 0 bridgehead atoms. The summed E-state index contributed by atoms with van der Waals surface area (Å²) in [4.78, 5) is 17.9. The molecule has 1 N–H and O–H groups in total. The lowest BCUT2D eigenvalue weighted by atomic mass is 10.2. The van der Waals surface area contributed by atoms with Crippen LogP contribution in [0.25, 0.3) is 22.4 Å². The van der Waals surface area contributed by atoms with Gasteiger partial charge in [-0.2, -0.15) is 0 Å². The number of rotatable bonds is 8. The number of nitrogens with zero attached hydrogens (tertiary/aromatic N) is 1. The molecule has 0 saturated heterocycles. The van der Waals surface area contributed by atoms with Gasteiger partial charge in [-0.05, 0) is 48.6 Å². The fourth-order valence-corrected chi connectivity index (χ4v) is 4.43. The van der Waals surface area contributed by atoms with Crippen molar-refractivity contribution in [2.45, 2.75) is 17.7 Å². The number of thiazole rings is 1. The van der Waals surface area contributed by atoms with Crippen LogP contribution in [0.4, 0.5) is 5.13 Å². The second kappa shape index (κ2) is 9.15. The minimum Gasteiger partial charge on any atom is -0.497 e. The first-order chi connectivity index (χ1) is 14.2. The van der Waals surface area contributed by atoms with E-state index in [9.17, 15) is 4.79 Å². The first-order valence-corrected chi connectivity index (χ1v) is 11.1. The molecule has 1 amide bonds. The molecule has 2 heterocycles. The van der Waals surface area contributed by atoms with Crippen LogP contribution < -0.4 is 10.1 Å². The van der Waals surface area contributed by atoms with Gasteiger partial charge in [-0.15, -0.1) is 23.1 Å². The third-order valence-corrected chi connectivity index (χ3v) is 6.14. The predicted octanol–water partition coefficient (Wildman–Crippen LogP) is 6.08. The molecule has 148 valence electrons. The van der Waals surface area contributed by atoms with Gasteiger partial charge in [0, 0.05) is 22.1 Å². The molecule has 4 rings (SSSR count). The van der Waals surface area contributed by atoms with E-state index in [1.54, 1.807) is 18.9 Å². The molecular formula is C22H20N2O3S2. The van der Waals surface area contributed by atoms with E-state index < -0.39 is 0 Å². The molecule has 29 heavy (non-hydrogen) atoms. The number of benzene rings is 2. The Morgan fingerprint density at radius 3 is 2.90 bits per heavy atom. The number of carbonyl (C=O) groups is 1. The summed E-state index contributed by atoms with van der Waals surface area (Å²) < 4.78 is 11.1. The summed E-state index contributed by atoms with van der Waals surface area (Å²) in [5.74, 6) is 2.34. The van der Waals surface area contributed by atoms with Gasteiger partial charge in [-0.25, -0.2) is 4.98 Å². The highest BCUT2D eigenvalue weighted by Gasteiger charge is 2.12. The SMILES string of the molecule is COc1ccc2oc(-c3csc(NC(=O)CCCSc4ccccc4)n3)cc2c1. The normalized spacial score (nSPS) is 10.9. The van der Waals surface area contributed by atoms with Crippen molar-refractivity contribution in [2.75, 3.05) is 18.2 Å². The average molecular weight is 425 g/mol. The quantitative estimate of drug-likeness (QED) is 0.274. The Kier molecular flexibility index (Phi) is 6.17. The number of methoxy groups -OCH3 is 1. The molecule has 0 atom stereocenters. The van der Waals surface area contributed by atoms with Gasteiger partial charge in [0.2, 0.25) is 5.91 Å². The zero-order valence-electron chi connectivity index (χ0n) is 15.9. The van der Waals surface area contributed by atoms with Gasteiger partial charge < -0.3 is 14.5 Å². The van der Waals surface area contributed by atoms with E-state index in [2.05, 4.69) is 22.4 Å². The number of thioether (sulfide) groups is 1. The molecule has 0 aliphatic heterocycles. The Morgan fingerprint density at radius 1 is 1.21 bits per heavy atom. The van der Waals surface area contributed by atoms with Gasteiger partial charge >= 0.3 is 0 Å². The zero-order valence-corrected chi connectivity index (χ0v) is 17.5. The van der Waals surface area contributed by atoms with Crippen LogP contribution in [0.2, 0.25) is 0 Å². The van der Waals surface area contributed by atoms with Gasteiger partial charge in [0.1, 0.15) is 17.0 Å². The number of nitrogens with one attached hydrogen (secondary N) is 1. The topological polar surface area (TPSA) is 64.4 Å². The van der Waals surface area contributed by atoms with Crippen molar-refractivity contribution in [3.05, 3.63) is 60.0 Å². The van der Waals surface area contributed by atoms with E-state index >= 15 is 0 Å². The van der Waals surface area contributed by atoms with Crippen LogP contribution in [0.3, 0.4) is 0 Å². The summed E-state index contributed by atoms with van der Waals surface area (Å²) in [6.07, 6.45) is 1.29. The van der Waals surface area contributed by atoms with Crippen molar-refractivity contribution in [2.24, 2.45) is 0 Å². The predicted molar refractivity (Wildman–Crippen MR) is 119 cm³/mol. The van der Waals surface area contributed by atoms with Crippen molar-refractivity contribution in [1.29, 1.82) is 0 Å². The third kappa shape index (κ3) is 4.99. The van der Waals surface area contributed by atoms with Gasteiger partial charge in [0.15, 0.2) is 10.9 Å². The molecule has 0 saturated carbocycles. The summed E-state index contributed by atoms with van der Waals surface area (Å²) in [6, 6.07) is 17.8. The molecule has 0 aliphatic carbocycles. The number of carbonyl (C=O) groups excluding carboxylic acids is 1. The van der Waals surface area contributed by atoms with Crippen molar-refractivity contribution in [3.63, 3.8) is 0 Å². The van der Waals surface area contributed by atoms with Crippen LogP contribution in [0, 0.1) is 0 Å². The van der Waals surface area contributed by atoms with Crippen LogP contribution in [0.1, 0.15) is 12.8 Å². The molecular weight excluding hydrogens is 404 g/mol. The fraction of sp³-hybridized carbons (Fsp3) is 0.182. The monoisotopic (exact) mass is 424 g/mol. The Morgan fingerprint density at radius 2 is 2.07 bits per heavy atom. The summed E-state index contributed by atoms with van der Waals surface area (Å²) in [6.45, 7) is 0. The second-order valence-electron chi connectivity index (χ2n) is 6.37. The summed E-state index contributed by atoms with van der Waals surface area (Å²) in [5.41, 5.74) is 1.48. The van der Waals surface area contributed by atoms with Crippen molar-refractivity contribution in [1.82, 2.24) is 4.98 Å². The van der Waals surface area contributed by atoms with Crippen LogP contribution in [0.5, 0.6) is 5.75 Å². The van der Waals surface area contributed by atoms with Gasteiger partial charge in [-0.3, -0.25) is 4.79 Å². The first kappa shape index (κ1) is 19.5. The van der Waals surface area contributed by atoms with Gasteiger partial charge in [0.25, 0.3) is 0 Å². The Bertz CT molecular complexity index is 1110. The standard InChI is InChI=1S/C22H20N2O3S2/c1-26-16-9-10-19-15(12-16)13-20(27-19)18-14-29-22(23-18)24-21(25)8-5-11-28-17-6-3-2-4-7-17/h2-4,6-7,9-10,12-14H,5,8,11H2,1H3,(H,23,24,25). The number of anilines is 1. The second-order valence-corrected chi connectivity index (χ2v) is 8.39. The molecule has 0 fully saturated rings. The number of aromatic nitrogens is 1. The van der Waals surface area contributed by atoms with E-state index in [0.717, 1.165) is 28.9 Å². The highest BCUT2D eigenvalue weighted by Crippen LogP contribution is 2.32. The number of furan rings is 1. The van der Waals surface area contributed by atoms with E-state index in [1.165, 1.54) is 16.2 Å². The number of amides is 1. The number of hydrogen-bond donors (Lipinski definition) is 1. The molecule has 0 unspecified atom stereocenters. The lowest BCUT2D eigenvalue weighted by Gasteiger charge is -2.02. The van der Waals surface area contributed by atoms with Crippen LogP contribution >= 0.6 is 23.1 Å². The maximum Gasteiger partial charge on any atom is 0.226 e. The average Bonchev–Trinajstić information content (AvgIpc) is 3.38. The van der Waals surface area contributed by atoms with Crippen LogP contribution in [-0.4, -0.2) is 23.8 Å². The summed E-state index contributed by atoms with van der Waals surface area (Å²) in [7, 11) is 1.64. The Hall–Kier alpha value is -2.77. The van der Waals surface area contributed by atoms with Crippen molar-refractivity contribution >= 4 is 45.1 Å². The van der Waals surface area contributed by atoms with Crippen molar-refractivity contribution < 1.29 is 13.9 Å². The number of fused-ring (bicyclic) bond motifs is 1. The third-order valence-electron chi connectivity index (χ3n) is 4.29. The molecule has 7 heteroatoms. The fourth-order valence-electron chi connectivity index (χ4n) is 2.84. The maximum atomic E-state index is 12.2. The van der Waals surface area contributed by atoms with E-state index in [1.807, 2.05) is 47.8 Å². The lowest BCUT2D eigenvalue weighted by molar-refractivity contribution is -0.116. The highest BCUT2D eigenvalue weighted by molar-refractivity contribution is 7.99. The molecule has 0 spiro atoms. The lowest BCUT2D eigenvalue weighted by Crippen LogP contribution is -2.11. The first-order valence-electron chi connectivity index (χ1n) is 9.22. The van der Waals surface area contributed by atoms with E-state index in [4.69, 9.17) is 9.15 Å². The number of hydrogen-bond acceptors (Lipinski definition) is 6. The summed E-state index contributed by atoms with van der Waals surface area (Å²) in [5, 5.41) is 6.30.